The van der Waals surface area contributed by atoms with Gasteiger partial charge in [-0.05, 0) is 44.2 Å². The Balaban J connectivity index is 1.52. The Hall–Kier alpha value is -2.90. The van der Waals surface area contributed by atoms with Crippen molar-refractivity contribution in [2.75, 3.05) is 48.0 Å². The lowest BCUT2D eigenvalue weighted by Crippen LogP contribution is -2.25. The lowest BCUT2D eigenvalue weighted by Gasteiger charge is -2.20. The molecule has 0 radical (unpaired) electrons. The first-order chi connectivity index (χ1) is 14.3. The first kappa shape index (κ1) is 19.4. The molecular weight excluding hydrogens is 366 g/mol. The van der Waals surface area contributed by atoms with Gasteiger partial charge >= 0.3 is 0 Å². The molecule has 154 valence electrons. The molecule has 8 heteroatoms. The Morgan fingerprint density at radius 2 is 1.59 bits per heavy atom. The summed E-state index contributed by atoms with van der Waals surface area (Å²) in [5.41, 5.74) is 3.92. The molecule has 2 aromatic rings. The van der Waals surface area contributed by atoms with Gasteiger partial charge in [-0.3, -0.25) is 0 Å². The van der Waals surface area contributed by atoms with Crippen molar-refractivity contribution in [3.63, 3.8) is 0 Å². The molecule has 8 nitrogen and oxygen atoms in total. The van der Waals surface area contributed by atoms with Crippen LogP contribution in [-0.4, -0.2) is 54.0 Å². The van der Waals surface area contributed by atoms with Crippen molar-refractivity contribution in [2.45, 2.75) is 39.0 Å². The number of para-hydroxylation sites is 1. The van der Waals surface area contributed by atoms with E-state index in [9.17, 15) is 0 Å². The topological polar surface area (TPSA) is 78.8 Å². The van der Waals surface area contributed by atoms with Gasteiger partial charge in [0.05, 0.1) is 12.8 Å². The fourth-order valence-corrected chi connectivity index (χ4v) is 3.61. The van der Waals surface area contributed by atoms with Gasteiger partial charge in [0.15, 0.2) is 0 Å². The number of anilines is 3. The summed E-state index contributed by atoms with van der Waals surface area (Å²) in [6.45, 7) is 6.75. The van der Waals surface area contributed by atoms with Crippen LogP contribution in [0, 0.1) is 0 Å². The second-order valence-corrected chi connectivity index (χ2v) is 7.40. The van der Waals surface area contributed by atoms with Crippen LogP contribution in [0.4, 0.5) is 17.8 Å². The highest BCUT2D eigenvalue weighted by molar-refractivity contribution is 5.83. The number of nitrogens with zero attached hydrogens (tertiary/aromatic N) is 6. The molecule has 1 aromatic carbocycles. The van der Waals surface area contributed by atoms with Gasteiger partial charge in [0.25, 0.3) is 0 Å². The maximum Gasteiger partial charge on any atom is 0.250 e. The van der Waals surface area contributed by atoms with E-state index in [-0.39, 0.29) is 0 Å². The van der Waals surface area contributed by atoms with Gasteiger partial charge in [-0.1, -0.05) is 19.1 Å². The molecule has 4 rings (SSSR count). The van der Waals surface area contributed by atoms with Gasteiger partial charge in [-0.15, -0.1) is 0 Å². The highest BCUT2D eigenvalue weighted by atomic mass is 16.5. The lowest BCUT2D eigenvalue weighted by molar-refractivity contribution is 0.317. The number of hydrazone groups is 1. The Bertz CT molecular complexity index is 795. The van der Waals surface area contributed by atoms with E-state index >= 15 is 0 Å². The number of hydrogen-bond acceptors (Lipinski definition) is 8. The number of nitrogens with one attached hydrogen (secondary N) is 1. The smallest absolute Gasteiger partial charge is 0.250 e. The predicted octanol–water partition coefficient (Wildman–Crippen LogP) is 3.31. The number of hydrogen-bond donors (Lipinski definition) is 1. The molecule has 2 saturated heterocycles. The van der Waals surface area contributed by atoms with E-state index in [0.717, 1.165) is 55.8 Å². The van der Waals surface area contributed by atoms with Crippen LogP contribution >= 0.6 is 0 Å². The zero-order valence-electron chi connectivity index (χ0n) is 17.0. The normalized spacial score (nSPS) is 16.7. The van der Waals surface area contributed by atoms with E-state index in [0.29, 0.717) is 12.6 Å². The Morgan fingerprint density at radius 1 is 0.966 bits per heavy atom. The van der Waals surface area contributed by atoms with Crippen LogP contribution < -0.4 is 20.0 Å². The average molecular weight is 396 g/mol. The van der Waals surface area contributed by atoms with Gasteiger partial charge in [0, 0.05) is 31.7 Å². The Labute approximate surface area is 172 Å². The molecule has 0 atom stereocenters. The van der Waals surface area contributed by atoms with Gasteiger partial charge in [0.1, 0.15) is 5.75 Å². The minimum atomic E-state index is 0.479. The van der Waals surface area contributed by atoms with Crippen LogP contribution in [0.5, 0.6) is 5.75 Å². The van der Waals surface area contributed by atoms with Crippen molar-refractivity contribution >= 4 is 24.1 Å². The summed E-state index contributed by atoms with van der Waals surface area (Å²) in [6.07, 6.45) is 7.44. The molecule has 1 aromatic heterocycles. The van der Waals surface area contributed by atoms with E-state index in [2.05, 4.69) is 37.2 Å². The lowest BCUT2D eigenvalue weighted by atomic mass is 10.2. The second-order valence-electron chi connectivity index (χ2n) is 7.40. The van der Waals surface area contributed by atoms with Gasteiger partial charge in [-0.2, -0.15) is 20.1 Å². The molecule has 1 N–H and O–H groups in total. The summed E-state index contributed by atoms with van der Waals surface area (Å²) in [6, 6.07) is 7.87. The van der Waals surface area contributed by atoms with Gasteiger partial charge in [0.2, 0.25) is 17.8 Å². The Morgan fingerprint density at radius 3 is 2.21 bits per heavy atom. The summed E-state index contributed by atoms with van der Waals surface area (Å²) in [5, 5.41) is 4.37. The van der Waals surface area contributed by atoms with Crippen LogP contribution in [0.25, 0.3) is 0 Å². The monoisotopic (exact) mass is 395 g/mol. The molecule has 29 heavy (non-hydrogen) atoms. The van der Waals surface area contributed by atoms with Crippen LogP contribution in [0.3, 0.4) is 0 Å². The summed E-state index contributed by atoms with van der Waals surface area (Å²) in [4.78, 5) is 18.4. The van der Waals surface area contributed by atoms with Gasteiger partial charge < -0.3 is 14.5 Å². The maximum atomic E-state index is 5.79. The molecule has 2 aliphatic rings. The molecular formula is C21H29N7O. The molecule has 2 aliphatic heterocycles. The number of benzene rings is 1. The maximum absolute atomic E-state index is 5.79. The second kappa shape index (κ2) is 9.54. The molecule has 0 bridgehead atoms. The van der Waals surface area contributed by atoms with Crippen molar-refractivity contribution < 1.29 is 4.74 Å². The van der Waals surface area contributed by atoms with E-state index in [4.69, 9.17) is 9.72 Å². The first-order valence-corrected chi connectivity index (χ1v) is 10.6. The fraction of sp³-hybridized carbons (Fsp3) is 0.524. The highest BCUT2D eigenvalue weighted by Crippen LogP contribution is 2.23. The molecule has 0 amide bonds. The first-order valence-electron chi connectivity index (χ1n) is 10.6. The zero-order chi connectivity index (χ0) is 19.9. The minimum Gasteiger partial charge on any atom is -0.493 e. The largest absolute Gasteiger partial charge is 0.493 e. The van der Waals surface area contributed by atoms with Gasteiger partial charge in [-0.25, -0.2) is 5.43 Å². The SMILES string of the molecule is CCCOc1ccccc1/C=N\Nc1nc(N2CCCC2)nc(N2CCCC2)n1. The summed E-state index contributed by atoms with van der Waals surface area (Å²) in [7, 11) is 0. The summed E-state index contributed by atoms with van der Waals surface area (Å²) in [5.74, 6) is 2.78. The fourth-order valence-electron chi connectivity index (χ4n) is 3.61. The van der Waals surface area contributed by atoms with E-state index < -0.39 is 0 Å². The van der Waals surface area contributed by atoms with E-state index in [1.807, 2.05) is 24.3 Å². The van der Waals surface area contributed by atoms with Crippen LogP contribution in [0.2, 0.25) is 0 Å². The van der Waals surface area contributed by atoms with E-state index in [1.165, 1.54) is 25.7 Å². The van der Waals surface area contributed by atoms with Crippen LogP contribution in [-0.2, 0) is 0 Å². The van der Waals surface area contributed by atoms with Crippen molar-refractivity contribution in [1.29, 1.82) is 0 Å². The van der Waals surface area contributed by atoms with Crippen LogP contribution in [0.15, 0.2) is 29.4 Å². The molecule has 2 fully saturated rings. The summed E-state index contributed by atoms with van der Waals surface area (Å²) < 4.78 is 5.79. The summed E-state index contributed by atoms with van der Waals surface area (Å²) >= 11 is 0. The third-order valence-electron chi connectivity index (χ3n) is 5.14. The highest BCUT2D eigenvalue weighted by Gasteiger charge is 2.21. The number of rotatable bonds is 8. The molecule has 0 spiro atoms. The number of aromatic nitrogens is 3. The Kier molecular flexibility index (Phi) is 6.38. The predicted molar refractivity (Wildman–Crippen MR) is 116 cm³/mol. The van der Waals surface area contributed by atoms with Crippen molar-refractivity contribution in [2.24, 2.45) is 5.10 Å². The van der Waals surface area contributed by atoms with E-state index in [1.54, 1.807) is 6.21 Å². The third-order valence-corrected chi connectivity index (χ3v) is 5.14. The average Bonchev–Trinajstić information content (AvgIpc) is 3.47. The zero-order valence-corrected chi connectivity index (χ0v) is 17.0. The molecule has 0 aliphatic carbocycles. The standard InChI is InChI=1S/C21H29N7O/c1-2-15-29-18-10-4-3-9-17(18)16-22-26-19-23-20(27-11-5-6-12-27)25-21(24-19)28-13-7-8-14-28/h3-4,9-10,16H,2,5-8,11-15H2,1H3,(H,23,24,25,26)/b22-16-. The molecule has 0 saturated carbocycles. The quantitative estimate of drug-likeness (QED) is 0.543. The van der Waals surface area contributed by atoms with Crippen molar-refractivity contribution in [1.82, 2.24) is 15.0 Å². The van der Waals surface area contributed by atoms with Crippen molar-refractivity contribution in [3.8, 4) is 5.75 Å². The molecule has 3 heterocycles. The minimum absolute atomic E-state index is 0.479. The van der Waals surface area contributed by atoms with Crippen molar-refractivity contribution in [3.05, 3.63) is 29.8 Å². The third kappa shape index (κ3) is 4.93. The van der Waals surface area contributed by atoms with Crippen LogP contribution in [0.1, 0.15) is 44.6 Å². The molecule has 0 unspecified atom stereocenters. The number of ether oxygens (including phenoxy) is 1.